The number of dihydropyridines is 1. The second kappa shape index (κ2) is 27.8. The highest BCUT2D eigenvalue weighted by atomic mass is 16.5. The summed E-state index contributed by atoms with van der Waals surface area (Å²) in [5.74, 6) is 7.25. The van der Waals surface area contributed by atoms with Crippen LogP contribution in [0.5, 0.6) is 11.5 Å². The number of guanidine groups is 1. The molecule has 14 aliphatic rings. The molecule has 14 heteroatoms. The number of benzene rings is 3. The van der Waals surface area contributed by atoms with Crippen LogP contribution >= 0.6 is 0 Å². The molecule has 7 fully saturated rings. The van der Waals surface area contributed by atoms with E-state index in [1.807, 2.05) is 6.20 Å². The minimum absolute atomic E-state index is 0.00613. The Morgan fingerprint density at radius 1 is 0.892 bits per heavy atom. The summed E-state index contributed by atoms with van der Waals surface area (Å²) < 4.78 is 5.69. The molecule has 3 aromatic carbocycles. The van der Waals surface area contributed by atoms with Gasteiger partial charge < -0.3 is 58.1 Å². The molecule has 17 unspecified atom stereocenters. The topological polar surface area (TPSA) is 229 Å². The number of rotatable bonds is 11. The lowest BCUT2D eigenvalue weighted by atomic mass is 9.50. The second-order valence-electron chi connectivity index (χ2n) is 30.6. The monoisotopic (exact) mass is 1260 g/mol. The number of phenolic OH excluding ortho intramolecular Hbond substituents is 1. The number of hydrogen-bond acceptors (Lipinski definition) is 14. The molecule has 17 rings (SSSR count). The Labute approximate surface area is 551 Å². The summed E-state index contributed by atoms with van der Waals surface area (Å²) in [6, 6.07) is 26.4. The molecule has 8 heterocycles. The first-order valence-corrected chi connectivity index (χ1v) is 36.0. The van der Waals surface area contributed by atoms with Crippen molar-refractivity contribution in [2.75, 3.05) is 33.4 Å². The minimum atomic E-state index is -0.486. The molecule has 6 saturated carbocycles. The first-order valence-electron chi connectivity index (χ1n) is 36.0. The highest BCUT2D eigenvalue weighted by molar-refractivity contribution is 6.08. The third-order valence-corrected chi connectivity index (χ3v) is 25.3. The number of ketones is 2. The van der Waals surface area contributed by atoms with Crippen molar-refractivity contribution >= 4 is 23.1 Å². The van der Waals surface area contributed by atoms with Gasteiger partial charge in [0, 0.05) is 49.8 Å². The molecule has 8 bridgehead atoms. The summed E-state index contributed by atoms with van der Waals surface area (Å²) in [4.78, 5) is 34.3. The van der Waals surface area contributed by atoms with Gasteiger partial charge in [-0.2, -0.15) is 4.99 Å². The third kappa shape index (κ3) is 13.3. The van der Waals surface area contributed by atoms with Gasteiger partial charge in [0.15, 0.2) is 17.3 Å². The number of allylic oxidation sites excluding steroid dienone is 3. The Hall–Kier alpha value is -6.31. The molecule has 17 atom stereocenters. The highest BCUT2D eigenvalue weighted by Crippen LogP contribution is 2.74. The number of fused-ring (bicyclic) bond motifs is 2. The van der Waals surface area contributed by atoms with Crippen LogP contribution in [0, 0.1) is 82.0 Å². The van der Waals surface area contributed by atoms with Gasteiger partial charge in [0.1, 0.15) is 5.78 Å². The standard InChI is InChI=1S/C79H102N8O6/c1-93-70-40-65-56(38-69(70)91)33-59-46-85-73(80)41-66(59)53(30-50-14-8-13-49(29-50)20-19-48-11-4-2-5-12-48)17-9-27-84-77(81)86-61-34-54-23-25-79-71-22-21-51(31-62(89)39-63(90)36-60(65)47-88)42-78(71,43-67-64-24-28-82-45-58(64)32-55-18-10-26-83-75(55)67)44-72(79)87-68(37-57(35-61)74(54)79)76(92)52-15-6-3-7-16-52/h2,4-5,8,10-14,18,29,36-38,40-41,46,51-55,58,61,64,67-68,71-76,82-83,85,87-88,91-92H,3,6-7,15-17,19-26,28,30-35,39,42-45,47,80H2,1H3,(H3,81,84,86). The number of nitrogens with zero attached hydrogens (tertiary/aromatic N) is 1. The molecule has 0 aromatic heterocycles. The lowest BCUT2D eigenvalue weighted by molar-refractivity contribution is -0.126. The van der Waals surface area contributed by atoms with Gasteiger partial charge in [-0.15, -0.1) is 0 Å². The van der Waals surface area contributed by atoms with Crippen LogP contribution in [0.1, 0.15) is 150 Å². The smallest absolute Gasteiger partial charge is 0.202 e. The van der Waals surface area contributed by atoms with Gasteiger partial charge in [-0.25, -0.2) is 0 Å². The fourth-order valence-corrected chi connectivity index (χ4v) is 21.7. The van der Waals surface area contributed by atoms with Gasteiger partial charge >= 0.3 is 0 Å². The van der Waals surface area contributed by atoms with Crippen molar-refractivity contribution < 1.29 is 29.6 Å². The average Bonchev–Trinajstić information content (AvgIpc) is 1.52. The van der Waals surface area contributed by atoms with Crippen LogP contribution in [0.3, 0.4) is 0 Å². The molecule has 1 saturated heterocycles. The number of aromatic hydroxyl groups is 1. The zero-order valence-electron chi connectivity index (χ0n) is 54.8. The molecular formula is C79H102N8O6. The van der Waals surface area contributed by atoms with Crippen LogP contribution in [0.4, 0.5) is 0 Å². The maximum absolute atomic E-state index is 14.9. The van der Waals surface area contributed by atoms with Crippen LogP contribution in [0.15, 0.2) is 125 Å². The SMILES string of the molecule is COc1cc2c(cc1O)CC1=CNC(N)C=C1C(Cc1cccc(CCc3ccccc3)c1)CC#CN=C(N)NC1CC3=CC(C(O)C4CCCCC4)NC4CC5(CC6C7CCNCC7CC7C=CCNC76)CC(CCC5C45CCC(C1)C35)CC(=O)CC(=O)C=C2CO. The van der Waals surface area contributed by atoms with Gasteiger partial charge in [-0.05, 0) is 261 Å². The lowest BCUT2D eigenvalue weighted by Gasteiger charge is -2.56. The number of methoxy groups -OCH3 is 1. The van der Waals surface area contributed by atoms with E-state index < -0.39 is 18.9 Å². The van der Waals surface area contributed by atoms with E-state index in [0.717, 1.165) is 133 Å². The molecule has 14 nitrogen and oxygen atoms in total. The zero-order chi connectivity index (χ0) is 63.8. The van der Waals surface area contributed by atoms with E-state index in [1.165, 1.54) is 49.1 Å². The van der Waals surface area contributed by atoms with Crippen molar-refractivity contribution in [1.29, 1.82) is 0 Å². The van der Waals surface area contributed by atoms with Crippen LogP contribution in [-0.2, 0) is 35.3 Å². The van der Waals surface area contributed by atoms with Crippen molar-refractivity contribution in [2.45, 2.75) is 184 Å². The summed E-state index contributed by atoms with van der Waals surface area (Å²) in [6.45, 7) is 2.56. The molecule has 93 heavy (non-hydrogen) atoms. The number of Topliss-reactive ketones (excluding diaryl/α,β-unsaturated/α-hetero) is 1. The quantitative estimate of drug-likeness (QED) is 0.0491. The number of carbonyl (C=O) groups is 2. The Morgan fingerprint density at radius 2 is 1.73 bits per heavy atom. The number of carbonyl (C=O) groups excluding carboxylic acids is 2. The summed E-state index contributed by atoms with van der Waals surface area (Å²) in [5.41, 5.74) is 22.4. The Balaban J connectivity index is 0.842. The average molecular weight is 1260 g/mol. The summed E-state index contributed by atoms with van der Waals surface area (Å²) >= 11 is 0. The van der Waals surface area contributed by atoms with Crippen LogP contribution in [-0.4, -0.2) is 103 Å². The van der Waals surface area contributed by atoms with Crippen LogP contribution in [0.25, 0.3) is 5.57 Å². The summed E-state index contributed by atoms with van der Waals surface area (Å²) in [6.07, 6.45) is 32.5. The molecule has 494 valence electrons. The number of nitrogens with two attached hydrogens (primary N) is 2. The number of aryl methyl sites for hydroxylation is 2. The van der Waals surface area contributed by atoms with Crippen molar-refractivity contribution in [1.82, 2.24) is 26.6 Å². The summed E-state index contributed by atoms with van der Waals surface area (Å²) in [7, 11) is 1.49. The molecular weight excluding hydrogens is 1160 g/mol. The van der Waals surface area contributed by atoms with E-state index in [0.29, 0.717) is 95.8 Å². The largest absolute Gasteiger partial charge is 0.504 e. The molecule has 0 amide bonds. The number of ether oxygens (including phenoxy) is 1. The van der Waals surface area contributed by atoms with Gasteiger partial charge in [-0.1, -0.05) is 104 Å². The Kier molecular flexibility index (Phi) is 19.1. The van der Waals surface area contributed by atoms with Crippen molar-refractivity contribution in [3.8, 4) is 23.5 Å². The van der Waals surface area contributed by atoms with Crippen LogP contribution in [0.2, 0.25) is 0 Å². The number of aliphatic hydroxyl groups excluding tert-OH is 2. The van der Waals surface area contributed by atoms with Crippen molar-refractivity contribution in [3.63, 3.8) is 0 Å². The third-order valence-electron chi connectivity index (χ3n) is 25.3. The van der Waals surface area contributed by atoms with Crippen LogP contribution < -0.4 is 42.8 Å². The van der Waals surface area contributed by atoms with E-state index >= 15 is 0 Å². The molecule has 3 aromatic rings. The first kappa shape index (κ1) is 64.1. The van der Waals surface area contributed by atoms with E-state index in [1.54, 1.807) is 12.1 Å². The van der Waals surface area contributed by atoms with E-state index in [-0.39, 0.29) is 76.2 Å². The predicted octanol–water partition coefficient (Wildman–Crippen LogP) is 9.82. The highest BCUT2D eigenvalue weighted by Gasteiger charge is 2.71. The van der Waals surface area contributed by atoms with Gasteiger partial charge in [-0.3, -0.25) is 9.59 Å². The number of piperidine rings is 1. The Morgan fingerprint density at radius 3 is 2.58 bits per heavy atom. The number of aliphatic hydroxyl groups is 2. The van der Waals surface area contributed by atoms with Crippen molar-refractivity contribution in [2.24, 2.45) is 86.5 Å². The van der Waals surface area contributed by atoms with Gasteiger partial charge in [0.05, 0.1) is 38.4 Å². The van der Waals surface area contributed by atoms with E-state index in [9.17, 15) is 24.9 Å². The molecule has 8 aliphatic heterocycles. The van der Waals surface area contributed by atoms with Gasteiger partial charge in [0.2, 0.25) is 5.96 Å². The number of phenols is 1. The fourth-order valence-electron chi connectivity index (χ4n) is 21.7. The first-order chi connectivity index (χ1) is 45.3. The van der Waals surface area contributed by atoms with E-state index in [2.05, 4.69) is 117 Å². The molecule has 12 N–H and O–H groups in total. The fraction of sp³-hybridized carbons (Fsp3) is 0.582. The maximum Gasteiger partial charge on any atom is 0.202 e. The zero-order valence-corrected chi connectivity index (χ0v) is 54.8. The number of nitrogens with one attached hydrogen (secondary N) is 5. The van der Waals surface area contributed by atoms with Crippen molar-refractivity contribution in [3.05, 3.63) is 148 Å². The number of hydrogen-bond donors (Lipinski definition) is 10. The maximum atomic E-state index is 14.9. The van der Waals surface area contributed by atoms with E-state index in [4.69, 9.17) is 21.2 Å². The molecule has 0 radical (unpaired) electrons. The number of aliphatic imine (C=N–C) groups is 1. The molecule has 6 aliphatic carbocycles. The molecule has 1 spiro atoms. The minimum Gasteiger partial charge on any atom is -0.504 e. The normalized spacial score (nSPS) is 35.7. The van der Waals surface area contributed by atoms with Gasteiger partial charge in [0.25, 0.3) is 0 Å². The second-order valence-corrected chi connectivity index (χ2v) is 30.6. The Bertz CT molecular complexity index is 3500. The summed E-state index contributed by atoms with van der Waals surface area (Å²) in [5, 5.41) is 55.1. The lowest BCUT2D eigenvalue weighted by Crippen LogP contribution is -2.57. The predicted molar refractivity (Wildman–Crippen MR) is 367 cm³/mol.